The van der Waals surface area contributed by atoms with Crippen molar-refractivity contribution in [2.75, 3.05) is 0 Å². The lowest BCUT2D eigenvalue weighted by Crippen LogP contribution is -2.24. The third kappa shape index (κ3) is 4.87. The molecule has 0 aliphatic heterocycles. The number of carbonyl (C=O) groups excluding carboxylic acids is 1. The third-order valence-corrected chi connectivity index (χ3v) is 4.77. The molecule has 28 heavy (non-hydrogen) atoms. The standard InChI is InChI=1S/C21H22ClF2N3O/c1-2-10-27-19-12-15(22)6-9-18(19)26-20(27)13-25-21(28)5-3-4-14-11-16(23)7-8-17(14)24/h6-9,11-12H,2-5,10,13H2,1H3,(H,25,28). The second kappa shape index (κ2) is 9.15. The maximum atomic E-state index is 13.6. The minimum Gasteiger partial charge on any atom is -0.349 e. The fourth-order valence-electron chi connectivity index (χ4n) is 3.19. The number of rotatable bonds is 8. The number of imidazole rings is 1. The SMILES string of the molecule is CCCn1c(CNC(=O)CCCc2cc(F)ccc2F)nc2ccc(Cl)cc21. The summed E-state index contributed by atoms with van der Waals surface area (Å²) in [7, 11) is 0. The first kappa shape index (κ1) is 20.3. The molecule has 0 fully saturated rings. The van der Waals surface area contributed by atoms with Crippen LogP contribution in [-0.2, 0) is 24.3 Å². The van der Waals surface area contributed by atoms with E-state index >= 15 is 0 Å². The molecular formula is C21H22ClF2N3O. The number of hydrogen-bond acceptors (Lipinski definition) is 2. The van der Waals surface area contributed by atoms with Crippen molar-refractivity contribution in [2.45, 2.75) is 45.7 Å². The molecule has 3 aromatic rings. The van der Waals surface area contributed by atoms with Crippen molar-refractivity contribution in [2.24, 2.45) is 0 Å². The van der Waals surface area contributed by atoms with Gasteiger partial charge in [0.1, 0.15) is 17.5 Å². The first-order chi connectivity index (χ1) is 13.5. The zero-order valence-electron chi connectivity index (χ0n) is 15.6. The van der Waals surface area contributed by atoms with Gasteiger partial charge in [0, 0.05) is 18.0 Å². The fraction of sp³-hybridized carbons (Fsp3) is 0.333. The number of aromatic nitrogens is 2. The molecule has 1 N–H and O–H groups in total. The van der Waals surface area contributed by atoms with Gasteiger partial charge in [-0.25, -0.2) is 13.8 Å². The molecule has 0 unspecified atom stereocenters. The average molecular weight is 406 g/mol. The van der Waals surface area contributed by atoms with Crippen LogP contribution in [0.2, 0.25) is 5.02 Å². The smallest absolute Gasteiger partial charge is 0.220 e. The molecular weight excluding hydrogens is 384 g/mol. The molecule has 0 aliphatic rings. The highest BCUT2D eigenvalue weighted by Crippen LogP contribution is 2.21. The number of hydrogen-bond donors (Lipinski definition) is 1. The first-order valence-corrected chi connectivity index (χ1v) is 9.71. The van der Waals surface area contributed by atoms with E-state index in [1.165, 1.54) is 6.07 Å². The van der Waals surface area contributed by atoms with Crippen molar-refractivity contribution in [1.82, 2.24) is 14.9 Å². The number of amides is 1. The number of benzene rings is 2. The van der Waals surface area contributed by atoms with E-state index in [-0.39, 0.29) is 17.9 Å². The van der Waals surface area contributed by atoms with E-state index in [0.29, 0.717) is 24.4 Å². The van der Waals surface area contributed by atoms with Gasteiger partial charge in [0.05, 0.1) is 17.6 Å². The summed E-state index contributed by atoms with van der Waals surface area (Å²) in [6.07, 6.45) is 1.91. The predicted molar refractivity (Wildman–Crippen MR) is 106 cm³/mol. The van der Waals surface area contributed by atoms with Gasteiger partial charge >= 0.3 is 0 Å². The minimum absolute atomic E-state index is 0.148. The second-order valence-electron chi connectivity index (χ2n) is 6.68. The van der Waals surface area contributed by atoms with Crippen molar-refractivity contribution in [3.05, 3.63) is 64.4 Å². The van der Waals surface area contributed by atoms with Crippen LogP contribution in [0.15, 0.2) is 36.4 Å². The van der Waals surface area contributed by atoms with Gasteiger partial charge in [-0.1, -0.05) is 18.5 Å². The Morgan fingerprint density at radius 2 is 2.04 bits per heavy atom. The van der Waals surface area contributed by atoms with Crippen molar-refractivity contribution < 1.29 is 13.6 Å². The van der Waals surface area contributed by atoms with Gasteiger partial charge in [-0.2, -0.15) is 0 Å². The monoisotopic (exact) mass is 405 g/mol. The van der Waals surface area contributed by atoms with Crippen LogP contribution in [-0.4, -0.2) is 15.5 Å². The Balaban J connectivity index is 1.58. The Morgan fingerprint density at radius 1 is 1.21 bits per heavy atom. The maximum absolute atomic E-state index is 13.6. The summed E-state index contributed by atoms with van der Waals surface area (Å²) < 4.78 is 28.9. The molecule has 7 heteroatoms. The van der Waals surface area contributed by atoms with Gasteiger partial charge in [0.15, 0.2) is 0 Å². The van der Waals surface area contributed by atoms with Crippen LogP contribution in [0, 0.1) is 11.6 Å². The van der Waals surface area contributed by atoms with E-state index in [1.807, 2.05) is 12.1 Å². The molecule has 0 saturated heterocycles. The Hall–Kier alpha value is -2.47. The number of fused-ring (bicyclic) bond motifs is 1. The molecule has 148 valence electrons. The molecule has 1 amide bonds. The largest absolute Gasteiger partial charge is 0.349 e. The van der Waals surface area contributed by atoms with Crippen LogP contribution in [0.25, 0.3) is 11.0 Å². The van der Waals surface area contributed by atoms with Gasteiger partial charge in [0.25, 0.3) is 0 Å². The summed E-state index contributed by atoms with van der Waals surface area (Å²) in [5.74, 6) is -0.307. The summed E-state index contributed by atoms with van der Waals surface area (Å²) in [4.78, 5) is 16.8. The summed E-state index contributed by atoms with van der Waals surface area (Å²) >= 11 is 6.10. The number of nitrogens with one attached hydrogen (secondary N) is 1. The molecule has 0 atom stereocenters. The lowest BCUT2D eigenvalue weighted by molar-refractivity contribution is -0.121. The summed E-state index contributed by atoms with van der Waals surface area (Å²) in [6, 6.07) is 8.89. The lowest BCUT2D eigenvalue weighted by atomic mass is 10.1. The minimum atomic E-state index is -0.476. The Morgan fingerprint density at radius 3 is 2.82 bits per heavy atom. The molecule has 0 aliphatic carbocycles. The predicted octanol–water partition coefficient (Wildman–Crippen LogP) is 5.02. The molecule has 0 spiro atoms. The van der Waals surface area contributed by atoms with Gasteiger partial charge in [-0.15, -0.1) is 0 Å². The highest BCUT2D eigenvalue weighted by Gasteiger charge is 2.12. The Bertz CT molecular complexity index is 987. The summed E-state index contributed by atoms with van der Waals surface area (Å²) in [5.41, 5.74) is 2.07. The molecule has 0 saturated carbocycles. The molecule has 4 nitrogen and oxygen atoms in total. The summed E-state index contributed by atoms with van der Waals surface area (Å²) in [6.45, 7) is 3.16. The normalized spacial score (nSPS) is 11.1. The van der Waals surface area contributed by atoms with Crippen LogP contribution in [0.3, 0.4) is 0 Å². The zero-order valence-corrected chi connectivity index (χ0v) is 16.4. The number of nitrogens with zero attached hydrogens (tertiary/aromatic N) is 2. The topological polar surface area (TPSA) is 46.9 Å². The molecule has 0 bridgehead atoms. The Kier molecular flexibility index (Phi) is 6.62. The molecule has 2 aromatic carbocycles. The van der Waals surface area contributed by atoms with E-state index in [1.54, 1.807) is 6.07 Å². The van der Waals surface area contributed by atoms with Crippen molar-refractivity contribution in [3.8, 4) is 0 Å². The zero-order chi connectivity index (χ0) is 20.1. The molecule has 3 rings (SSSR count). The van der Waals surface area contributed by atoms with E-state index in [4.69, 9.17) is 11.6 Å². The van der Waals surface area contributed by atoms with Gasteiger partial charge in [-0.3, -0.25) is 4.79 Å². The molecule has 1 heterocycles. The van der Waals surface area contributed by atoms with E-state index in [2.05, 4.69) is 21.8 Å². The number of aryl methyl sites for hydroxylation is 2. The second-order valence-corrected chi connectivity index (χ2v) is 7.12. The van der Waals surface area contributed by atoms with Gasteiger partial charge in [-0.05, 0) is 61.2 Å². The molecule has 0 radical (unpaired) electrons. The van der Waals surface area contributed by atoms with Gasteiger partial charge < -0.3 is 9.88 Å². The Labute approximate surface area is 167 Å². The van der Waals surface area contributed by atoms with Crippen molar-refractivity contribution >= 4 is 28.5 Å². The van der Waals surface area contributed by atoms with Crippen molar-refractivity contribution in [3.63, 3.8) is 0 Å². The van der Waals surface area contributed by atoms with Crippen LogP contribution in [0.4, 0.5) is 8.78 Å². The summed E-state index contributed by atoms with van der Waals surface area (Å²) in [5, 5.41) is 3.51. The highest BCUT2D eigenvalue weighted by molar-refractivity contribution is 6.31. The highest BCUT2D eigenvalue weighted by atomic mass is 35.5. The third-order valence-electron chi connectivity index (χ3n) is 4.54. The lowest BCUT2D eigenvalue weighted by Gasteiger charge is -2.09. The van der Waals surface area contributed by atoms with Crippen LogP contribution >= 0.6 is 11.6 Å². The van der Waals surface area contributed by atoms with Crippen LogP contribution in [0.1, 0.15) is 37.6 Å². The van der Waals surface area contributed by atoms with Crippen LogP contribution < -0.4 is 5.32 Å². The number of carbonyl (C=O) groups is 1. The van der Waals surface area contributed by atoms with Crippen LogP contribution in [0.5, 0.6) is 0 Å². The quantitative estimate of drug-likeness (QED) is 0.572. The average Bonchev–Trinajstić information content (AvgIpc) is 3.00. The maximum Gasteiger partial charge on any atom is 0.220 e. The van der Waals surface area contributed by atoms with Gasteiger partial charge in [0.2, 0.25) is 5.91 Å². The fourth-order valence-corrected chi connectivity index (χ4v) is 3.36. The molecule has 1 aromatic heterocycles. The first-order valence-electron chi connectivity index (χ1n) is 9.33. The van der Waals surface area contributed by atoms with E-state index in [9.17, 15) is 13.6 Å². The van der Waals surface area contributed by atoms with Crippen molar-refractivity contribution in [1.29, 1.82) is 0 Å². The van der Waals surface area contributed by atoms with E-state index in [0.717, 1.165) is 42.0 Å². The van der Waals surface area contributed by atoms with E-state index < -0.39 is 11.6 Å². The number of halogens is 3.